The molecule has 0 unspecified atom stereocenters. The predicted octanol–water partition coefficient (Wildman–Crippen LogP) is 4.49. The van der Waals surface area contributed by atoms with E-state index in [0.717, 1.165) is 16.7 Å². The second kappa shape index (κ2) is 7.85. The Hall–Kier alpha value is -2.43. The van der Waals surface area contributed by atoms with Crippen molar-refractivity contribution >= 4 is 10.0 Å². The molecular weight excluding hydrogens is 342 g/mol. The highest BCUT2D eigenvalue weighted by molar-refractivity contribution is 7.89. The molecule has 0 radical (unpaired) electrons. The van der Waals surface area contributed by atoms with E-state index < -0.39 is 10.0 Å². The lowest BCUT2D eigenvalue weighted by Gasteiger charge is -2.10. The molecule has 0 aliphatic heterocycles. The summed E-state index contributed by atoms with van der Waals surface area (Å²) < 4.78 is 27.7. The summed E-state index contributed by atoms with van der Waals surface area (Å²) >= 11 is 0. The molecule has 3 rings (SSSR count). The Morgan fingerprint density at radius 3 is 2.12 bits per heavy atom. The van der Waals surface area contributed by atoms with Crippen LogP contribution >= 0.6 is 0 Å². The largest absolute Gasteiger partial charge is 0.240 e. The molecule has 0 saturated carbocycles. The van der Waals surface area contributed by atoms with Crippen LogP contribution in [-0.4, -0.2) is 15.0 Å². The van der Waals surface area contributed by atoms with E-state index in [2.05, 4.69) is 36.8 Å². The fourth-order valence-electron chi connectivity index (χ4n) is 2.99. The number of aryl methyl sites for hydroxylation is 2. The molecule has 0 aliphatic carbocycles. The summed E-state index contributed by atoms with van der Waals surface area (Å²) in [5, 5.41) is 0. The van der Waals surface area contributed by atoms with Crippen LogP contribution in [0.25, 0.3) is 11.1 Å². The maximum atomic E-state index is 12.5. The lowest BCUT2D eigenvalue weighted by molar-refractivity contribution is 0.581. The molecule has 0 aromatic heterocycles. The Morgan fingerprint density at radius 1 is 0.808 bits per heavy atom. The highest BCUT2D eigenvalue weighted by atomic mass is 32.2. The highest BCUT2D eigenvalue weighted by Gasteiger charge is 2.13. The monoisotopic (exact) mass is 365 g/mol. The first-order valence-corrected chi connectivity index (χ1v) is 10.2. The number of rotatable bonds is 6. The maximum absolute atomic E-state index is 12.5. The van der Waals surface area contributed by atoms with Gasteiger partial charge in [-0.2, -0.15) is 0 Å². The summed E-state index contributed by atoms with van der Waals surface area (Å²) in [5.74, 6) is 0. The van der Waals surface area contributed by atoms with Crippen LogP contribution < -0.4 is 4.72 Å². The van der Waals surface area contributed by atoms with Crippen LogP contribution in [0.3, 0.4) is 0 Å². The standard InChI is InChI=1S/C22H23NO2S/c1-17-8-9-19(18(2)16-17)14-15-23-26(24,25)22-12-10-21(11-13-22)20-6-4-3-5-7-20/h3-13,16,23H,14-15H2,1-2H3. The van der Waals surface area contributed by atoms with Crippen LogP contribution in [0, 0.1) is 13.8 Å². The van der Waals surface area contributed by atoms with Gasteiger partial charge in [0.2, 0.25) is 10.0 Å². The van der Waals surface area contributed by atoms with E-state index in [9.17, 15) is 8.42 Å². The van der Waals surface area contributed by atoms with Gasteiger partial charge in [0.15, 0.2) is 0 Å². The Balaban J connectivity index is 1.66. The van der Waals surface area contributed by atoms with Crippen molar-refractivity contribution in [3.63, 3.8) is 0 Å². The first-order valence-electron chi connectivity index (χ1n) is 8.67. The molecule has 0 fully saturated rings. The predicted molar refractivity (Wildman–Crippen MR) is 107 cm³/mol. The molecule has 0 saturated heterocycles. The quantitative estimate of drug-likeness (QED) is 0.699. The number of sulfonamides is 1. The average Bonchev–Trinajstić information content (AvgIpc) is 2.64. The Kier molecular flexibility index (Phi) is 5.55. The number of benzene rings is 3. The molecule has 0 amide bonds. The van der Waals surface area contributed by atoms with Crippen molar-refractivity contribution in [1.29, 1.82) is 0 Å². The summed E-state index contributed by atoms with van der Waals surface area (Å²) in [6.07, 6.45) is 0.674. The van der Waals surface area contributed by atoms with Gasteiger partial charge in [0.25, 0.3) is 0 Å². The van der Waals surface area contributed by atoms with Gasteiger partial charge in [-0.25, -0.2) is 13.1 Å². The third-order valence-corrected chi connectivity index (χ3v) is 5.93. The van der Waals surface area contributed by atoms with Crippen molar-refractivity contribution in [1.82, 2.24) is 4.72 Å². The zero-order chi connectivity index (χ0) is 18.6. The van der Waals surface area contributed by atoms with Crippen molar-refractivity contribution in [2.75, 3.05) is 6.54 Å². The minimum Gasteiger partial charge on any atom is -0.211 e. The zero-order valence-electron chi connectivity index (χ0n) is 15.1. The van der Waals surface area contributed by atoms with Crippen LogP contribution in [0.15, 0.2) is 77.7 Å². The summed E-state index contributed by atoms with van der Waals surface area (Å²) in [6.45, 7) is 4.49. The second-order valence-electron chi connectivity index (χ2n) is 6.47. The fraction of sp³-hybridized carbons (Fsp3) is 0.182. The number of hydrogen-bond acceptors (Lipinski definition) is 2. The molecule has 134 valence electrons. The van der Waals surface area contributed by atoms with Gasteiger partial charge < -0.3 is 0 Å². The van der Waals surface area contributed by atoms with Gasteiger partial charge in [0, 0.05) is 6.54 Å². The topological polar surface area (TPSA) is 46.2 Å². The van der Waals surface area contributed by atoms with Crippen LogP contribution in [-0.2, 0) is 16.4 Å². The molecule has 3 nitrogen and oxygen atoms in total. The molecule has 0 spiro atoms. The van der Waals surface area contributed by atoms with Gasteiger partial charge in [0.1, 0.15) is 0 Å². The van der Waals surface area contributed by atoms with Crippen molar-refractivity contribution in [3.05, 3.63) is 89.5 Å². The molecular formula is C22H23NO2S. The van der Waals surface area contributed by atoms with Crippen LogP contribution in [0.5, 0.6) is 0 Å². The van der Waals surface area contributed by atoms with Crippen molar-refractivity contribution in [2.45, 2.75) is 25.2 Å². The van der Waals surface area contributed by atoms with Gasteiger partial charge >= 0.3 is 0 Å². The molecule has 0 bridgehead atoms. The molecule has 0 heterocycles. The van der Waals surface area contributed by atoms with E-state index in [0.29, 0.717) is 13.0 Å². The highest BCUT2D eigenvalue weighted by Crippen LogP contribution is 2.21. The van der Waals surface area contributed by atoms with E-state index in [1.54, 1.807) is 12.1 Å². The molecule has 26 heavy (non-hydrogen) atoms. The fourth-order valence-corrected chi connectivity index (χ4v) is 4.02. The van der Waals surface area contributed by atoms with E-state index >= 15 is 0 Å². The molecule has 1 N–H and O–H groups in total. The third-order valence-electron chi connectivity index (χ3n) is 4.46. The van der Waals surface area contributed by atoms with Gasteiger partial charge in [0.05, 0.1) is 4.90 Å². The summed E-state index contributed by atoms with van der Waals surface area (Å²) in [4.78, 5) is 0.290. The molecule has 3 aromatic rings. The van der Waals surface area contributed by atoms with E-state index in [1.165, 1.54) is 11.1 Å². The van der Waals surface area contributed by atoms with Crippen LogP contribution in [0.4, 0.5) is 0 Å². The van der Waals surface area contributed by atoms with E-state index in [1.807, 2.05) is 42.5 Å². The van der Waals surface area contributed by atoms with Gasteiger partial charge in [-0.05, 0) is 54.7 Å². The molecule has 4 heteroatoms. The summed E-state index contributed by atoms with van der Waals surface area (Å²) in [6, 6.07) is 23.1. The van der Waals surface area contributed by atoms with Crippen molar-refractivity contribution in [2.24, 2.45) is 0 Å². The Labute approximate surface area is 155 Å². The SMILES string of the molecule is Cc1ccc(CCNS(=O)(=O)c2ccc(-c3ccccc3)cc2)c(C)c1. The molecule has 3 aromatic carbocycles. The lowest BCUT2D eigenvalue weighted by Crippen LogP contribution is -2.26. The smallest absolute Gasteiger partial charge is 0.211 e. The maximum Gasteiger partial charge on any atom is 0.240 e. The normalized spacial score (nSPS) is 11.5. The van der Waals surface area contributed by atoms with Crippen molar-refractivity contribution < 1.29 is 8.42 Å². The number of nitrogens with one attached hydrogen (secondary N) is 1. The summed E-state index contributed by atoms with van der Waals surface area (Å²) in [7, 11) is -3.50. The second-order valence-corrected chi connectivity index (χ2v) is 8.24. The summed E-state index contributed by atoms with van der Waals surface area (Å²) in [5.41, 5.74) is 5.64. The first kappa shape index (κ1) is 18.4. The van der Waals surface area contributed by atoms with E-state index in [4.69, 9.17) is 0 Å². The third kappa shape index (κ3) is 4.40. The first-order chi connectivity index (χ1) is 12.5. The Morgan fingerprint density at radius 2 is 1.46 bits per heavy atom. The minimum atomic E-state index is -3.50. The average molecular weight is 365 g/mol. The van der Waals surface area contributed by atoms with Crippen LogP contribution in [0.2, 0.25) is 0 Å². The van der Waals surface area contributed by atoms with Gasteiger partial charge in [-0.3, -0.25) is 0 Å². The van der Waals surface area contributed by atoms with Gasteiger partial charge in [-0.15, -0.1) is 0 Å². The van der Waals surface area contributed by atoms with Crippen molar-refractivity contribution in [3.8, 4) is 11.1 Å². The lowest BCUT2D eigenvalue weighted by atomic mass is 10.0. The number of hydrogen-bond donors (Lipinski definition) is 1. The zero-order valence-corrected chi connectivity index (χ0v) is 15.9. The molecule has 0 aliphatic rings. The Bertz CT molecular complexity index is 978. The van der Waals surface area contributed by atoms with Crippen LogP contribution in [0.1, 0.15) is 16.7 Å². The minimum absolute atomic E-state index is 0.290. The van der Waals surface area contributed by atoms with E-state index in [-0.39, 0.29) is 4.90 Å². The molecule has 0 atom stereocenters. The van der Waals surface area contributed by atoms with Gasteiger partial charge in [-0.1, -0.05) is 66.2 Å².